The SMILES string of the molecule is C1=NC(c2ccccc2)c2ccncc2N1. The average Bonchev–Trinajstić information content (AvgIpc) is 2.39. The third kappa shape index (κ3) is 1.46. The second-order valence-corrected chi connectivity index (χ2v) is 3.70. The molecule has 3 nitrogen and oxygen atoms in total. The van der Waals surface area contributed by atoms with Gasteiger partial charge >= 0.3 is 0 Å². The number of anilines is 1. The van der Waals surface area contributed by atoms with Crippen LogP contribution in [0, 0.1) is 0 Å². The molecular formula is C13H11N3. The van der Waals surface area contributed by atoms with Crippen molar-refractivity contribution in [3.63, 3.8) is 0 Å². The molecule has 78 valence electrons. The highest BCUT2D eigenvalue weighted by molar-refractivity contribution is 5.80. The summed E-state index contributed by atoms with van der Waals surface area (Å²) in [6.45, 7) is 0. The molecule has 1 atom stereocenters. The van der Waals surface area contributed by atoms with Gasteiger partial charge in [0.1, 0.15) is 6.04 Å². The first-order valence-electron chi connectivity index (χ1n) is 5.22. The van der Waals surface area contributed by atoms with E-state index in [1.165, 1.54) is 11.1 Å². The van der Waals surface area contributed by atoms with Crippen molar-refractivity contribution in [3.8, 4) is 0 Å². The predicted molar refractivity (Wildman–Crippen MR) is 64.6 cm³/mol. The fraction of sp³-hybridized carbons (Fsp3) is 0.0769. The minimum absolute atomic E-state index is 0.0837. The van der Waals surface area contributed by atoms with Gasteiger partial charge in [-0.2, -0.15) is 0 Å². The number of nitrogens with zero attached hydrogens (tertiary/aromatic N) is 2. The lowest BCUT2D eigenvalue weighted by Gasteiger charge is -2.20. The van der Waals surface area contributed by atoms with E-state index in [-0.39, 0.29) is 6.04 Å². The Hall–Kier alpha value is -2.16. The zero-order valence-corrected chi connectivity index (χ0v) is 8.67. The Labute approximate surface area is 93.9 Å². The summed E-state index contributed by atoms with van der Waals surface area (Å²) in [4.78, 5) is 8.58. The smallest absolute Gasteiger partial charge is 0.104 e. The van der Waals surface area contributed by atoms with Gasteiger partial charge < -0.3 is 5.32 Å². The zero-order valence-electron chi connectivity index (χ0n) is 8.67. The van der Waals surface area contributed by atoms with E-state index in [1.54, 1.807) is 12.5 Å². The van der Waals surface area contributed by atoms with Crippen LogP contribution in [-0.2, 0) is 0 Å². The molecule has 1 unspecified atom stereocenters. The monoisotopic (exact) mass is 209 g/mol. The normalized spacial score (nSPS) is 17.6. The van der Waals surface area contributed by atoms with Crippen molar-refractivity contribution in [2.75, 3.05) is 5.32 Å². The Morgan fingerprint density at radius 1 is 1.06 bits per heavy atom. The Morgan fingerprint density at radius 2 is 1.94 bits per heavy atom. The fourth-order valence-electron chi connectivity index (χ4n) is 1.93. The third-order valence-electron chi connectivity index (χ3n) is 2.71. The highest BCUT2D eigenvalue weighted by Crippen LogP contribution is 2.32. The molecule has 2 aromatic rings. The van der Waals surface area contributed by atoms with E-state index in [0.29, 0.717) is 0 Å². The van der Waals surface area contributed by atoms with Crippen molar-refractivity contribution in [2.45, 2.75) is 6.04 Å². The van der Waals surface area contributed by atoms with Crippen molar-refractivity contribution in [1.29, 1.82) is 0 Å². The maximum Gasteiger partial charge on any atom is 0.104 e. The van der Waals surface area contributed by atoms with E-state index >= 15 is 0 Å². The van der Waals surface area contributed by atoms with Gasteiger partial charge in [0.15, 0.2) is 0 Å². The summed E-state index contributed by atoms with van der Waals surface area (Å²) in [5.41, 5.74) is 3.41. The largest absolute Gasteiger partial charge is 0.345 e. The van der Waals surface area contributed by atoms with Gasteiger partial charge in [0, 0.05) is 11.8 Å². The topological polar surface area (TPSA) is 37.3 Å². The summed E-state index contributed by atoms with van der Waals surface area (Å²) in [7, 11) is 0. The lowest BCUT2D eigenvalue weighted by molar-refractivity contribution is 0.866. The summed E-state index contributed by atoms with van der Waals surface area (Å²) in [6, 6.07) is 12.4. The molecule has 1 aromatic heterocycles. The molecule has 0 amide bonds. The van der Waals surface area contributed by atoms with Crippen molar-refractivity contribution in [2.24, 2.45) is 4.99 Å². The summed E-state index contributed by atoms with van der Waals surface area (Å²) >= 11 is 0. The molecule has 3 rings (SSSR count). The van der Waals surface area contributed by atoms with Crippen LogP contribution in [0.5, 0.6) is 0 Å². The lowest BCUT2D eigenvalue weighted by atomic mass is 9.98. The number of pyridine rings is 1. The van der Waals surface area contributed by atoms with Crippen LogP contribution in [0.15, 0.2) is 53.8 Å². The minimum Gasteiger partial charge on any atom is -0.345 e. The average molecular weight is 209 g/mol. The lowest BCUT2D eigenvalue weighted by Crippen LogP contribution is -2.11. The van der Waals surface area contributed by atoms with Crippen molar-refractivity contribution >= 4 is 12.0 Å². The van der Waals surface area contributed by atoms with E-state index in [2.05, 4.69) is 27.4 Å². The van der Waals surface area contributed by atoms with Gasteiger partial charge in [-0.3, -0.25) is 9.98 Å². The minimum atomic E-state index is 0.0837. The van der Waals surface area contributed by atoms with Gasteiger partial charge in [-0.05, 0) is 11.6 Å². The Kier molecular flexibility index (Phi) is 2.14. The van der Waals surface area contributed by atoms with Gasteiger partial charge in [0.05, 0.1) is 18.2 Å². The van der Waals surface area contributed by atoms with Crippen LogP contribution in [0.3, 0.4) is 0 Å². The third-order valence-corrected chi connectivity index (χ3v) is 2.71. The molecule has 1 aromatic carbocycles. The molecule has 0 spiro atoms. The first kappa shape index (κ1) is 9.09. The second-order valence-electron chi connectivity index (χ2n) is 3.70. The summed E-state index contributed by atoms with van der Waals surface area (Å²) in [5, 5.41) is 3.11. The summed E-state index contributed by atoms with van der Waals surface area (Å²) in [6.07, 6.45) is 5.37. The number of rotatable bonds is 1. The maximum atomic E-state index is 4.48. The van der Waals surface area contributed by atoms with Crippen LogP contribution in [0.2, 0.25) is 0 Å². The molecular weight excluding hydrogens is 198 g/mol. The molecule has 0 aliphatic carbocycles. The highest BCUT2D eigenvalue weighted by Gasteiger charge is 2.18. The molecule has 0 fully saturated rings. The van der Waals surface area contributed by atoms with E-state index in [4.69, 9.17) is 0 Å². The summed E-state index contributed by atoms with van der Waals surface area (Å²) in [5.74, 6) is 0. The van der Waals surface area contributed by atoms with Gasteiger partial charge in [-0.1, -0.05) is 30.3 Å². The van der Waals surface area contributed by atoms with Crippen molar-refractivity contribution in [1.82, 2.24) is 4.98 Å². The van der Waals surface area contributed by atoms with Crippen LogP contribution in [0.4, 0.5) is 5.69 Å². The van der Waals surface area contributed by atoms with Gasteiger partial charge in [0.25, 0.3) is 0 Å². The van der Waals surface area contributed by atoms with Crippen LogP contribution >= 0.6 is 0 Å². The molecule has 0 saturated carbocycles. The highest BCUT2D eigenvalue weighted by atomic mass is 15.0. The predicted octanol–water partition coefficient (Wildman–Crippen LogP) is 2.62. The van der Waals surface area contributed by atoms with E-state index < -0.39 is 0 Å². The quantitative estimate of drug-likeness (QED) is 0.783. The van der Waals surface area contributed by atoms with Gasteiger partial charge in [-0.25, -0.2) is 0 Å². The van der Waals surface area contributed by atoms with Crippen molar-refractivity contribution < 1.29 is 0 Å². The van der Waals surface area contributed by atoms with Crippen LogP contribution in [0.1, 0.15) is 17.2 Å². The molecule has 2 heterocycles. The molecule has 0 bridgehead atoms. The molecule has 0 saturated heterocycles. The zero-order chi connectivity index (χ0) is 10.8. The van der Waals surface area contributed by atoms with E-state index in [9.17, 15) is 0 Å². The number of aromatic nitrogens is 1. The summed E-state index contributed by atoms with van der Waals surface area (Å²) < 4.78 is 0. The van der Waals surface area contributed by atoms with E-state index in [1.807, 2.05) is 30.5 Å². The first-order valence-corrected chi connectivity index (χ1v) is 5.22. The first-order chi connectivity index (χ1) is 7.95. The van der Waals surface area contributed by atoms with Crippen molar-refractivity contribution in [3.05, 3.63) is 59.9 Å². The Bertz CT molecular complexity index is 520. The number of benzene rings is 1. The number of hydrogen-bond acceptors (Lipinski definition) is 3. The molecule has 1 N–H and O–H groups in total. The molecule has 3 heteroatoms. The number of aliphatic imine (C=N–C) groups is 1. The number of hydrogen-bond donors (Lipinski definition) is 1. The van der Waals surface area contributed by atoms with E-state index in [0.717, 1.165) is 5.69 Å². The van der Waals surface area contributed by atoms with Crippen LogP contribution < -0.4 is 5.32 Å². The fourth-order valence-corrected chi connectivity index (χ4v) is 1.93. The standard InChI is InChI=1S/C13H11N3/c1-2-4-10(5-3-1)13-11-6-7-14-8-12(11)15-9-16-13/h1-9,13H,(H,15,16). The number of nitrogens with one attached hydrogen (secondary N) is 1. The molecule has 16 heavy (non-hydrogen) atoms. The molecule has 0 radical (unpaired) electrons. The van der Waals surface area contributed by atoms with Gasteiger partial charge in [-0.15, -0.1) is 0 Å². The second kappa shape index (κ2) is 3.77. The molecule has 1 aliphatic heterocycles. The van der Waals surface area contributed by atoms with Gasteiger partial charge in [0.2, 0.25) is 0 Å². The maximum absolute atomic E-state index is 4.48. The molecule has 1 aliphatic rings. The van der Waals surface area contributed by atoms with Crippen LogP contribution in [-0.4, -0.2) is 11.3 Å². The number of fused-ring (bicyclic) bond motifs is 1. The van der Waals surface area contributed by atoms with Crippen LogP contribution in [0.25, 0.3) is 0 Å². The Morgan fingerprint density at radius 3 is 2.81 bits per heavy atom. The Balaban J connectivity index is 2.09.